The van der Waals surface area contributed by atoms with Gasteiger partial charge in [0, 0.05) is 49.6 Å². The van der Waals surface area contributed by atoms with Gasteiger partial charge in [0.15, 0.2) is 28.9 Å². The molecule has 35 heavy (non-hydrogen) atoms. The van der Waals surface area contributed by atoms with Gasteiger partial charge in [0.25, 0.3) is 0 Å². The molecule has 1 aromatic carbocycles. The number of allylic oxidation sites excluding steroid dienone is 1. The normalized spacial score (nSPS) is 12.1. The molecule has 1 aliphatic rings. The van der Waals surface area contributed by atoms with Gasteiger partial charge in [-0.2, -0.15) is 5.10 Å². The van der Waals surface area contributed by atoms with Gasteiger partial charge in [0.2, 0.25) is 5.91 Å². The van der Waals surface area contributed by atoms with Crippen molar-refractivity contribution in [1.29, 1.82) is 0 Å². The second-order valence-corrected chi connectivity index (χ2v) is 7.87. The number of ketones is 1. The molecular weight excluding hydrogens is 458 g/mol. The smallest absolute Gasteiger partial charge is 0.247 e. The van der Waals surface area contributed by atoms with Crippen molar-refractivity contribution in [3.05, 3.63) is 82.5 Å². The Balaban J connectivity index is 1.63. The first-order valence-corrected chi connectivity index (χ1v) is 10.5. The second-order valence-electron chi connectivity index (χ2n) is 7.87. The van der Waals surface area contributed by atoms with E-state index in [4.69, 9.17) is 9.47 Å². The van der Waals surface area contributed by atoms with Crippen molar-refractivity contribution in [2.75, 3.05) is 19.5 Å². The molecular formula is C25H22F2N4O4. The number of aryl methyl sites for hydroxylation is 1. The van der Waals surface area contributed by atoms with Gasteiger partial charge in [-0.1, -0.05) is 6.58 Å². The third-order valence-electron chi connectivity index (χ3n) is 5.58. The van der Waals surface area contributed by atoms with Crippen molar-refractivity contribution >= 4 is 23.5 Å². The van der Waals surface area contributed by atoms with Gasteiger partial charge in [-0.05, 0) is 29.3 Å². The lowest BCUT2D eigenvalue weighted by Crippen LogP contribution is -2.11. The fourth-order valence-corrected chi connectivity index (χ4v) is 3.88. The number of carbonyl (C=O) groups is 2. The molecule has 3 aromatic rings. The number of methoxy groups -OCH3 is 2. The summed E-state index contributed by atoms with van der Waals surface area (Å²) in [5.74, 6) is -3.91. The van der Waals surface area contributed by atoms with E-state index < -0.39 is 23.0 Å². The minimum Gasteiger partial charge on any atom is -0.494 e. The van der Waals surface area contributed by atoms with Gasteiger partial charge in [-0.25, -0.2) is 8.78 Å². The van der Waals surface area contributed by atoms with Crippen LogP contribution in [0.15, 0.2) is 42.8 Å². The molecule has 0 saturated heterocycles. The molecule has 1 N–H and O–H groups in total. The first-order chi connectivity index (χ1) is 16.7. The number of hydrogen-bond donors (Lipinski definition) is 1. The Kier molecular flexibility index (Phi) is 6.46. The Hall–Kier alpha value is -4.34. The SMILES string of the molecule is C=CC(=O)Nc1cn(C)nc1Cc1cc2c(cn1)CC(C(=O)c1c(F)c(OC)cc(OC)c1F)=C2. The first-order valence-electron chi connectivity index (χ1n) is 10.5. The molecule has 0 aliphatic heterocycles. The average Bonchev–Trinajstić information content (AvgIpc) is 3.41. The molecule has 0 atom stereocenters. The van der Waals surface area contributed by atoms with Crippen LogP contribution in [0.1, 0.15) is 32.9 Å². The maximum atomic E-state index is 14.8. The van der Waals surface area contributed by atoms with Crippen LogP contribution in [0.3, 0.4) is 0 Å². The number of amides is 1. The molecule has 0 spiro atoms. The topological polar surface area (TPSA) is 95.3 Å². The summed E-state index contributed by atoms with van der Waals surface area (Å²) in [6.07, 6.45) is 6.53. The molecule has 0 saturated carbocycles. The first kappa shape index (κ1) is 23.8. The van der Waals surface area contributed by atoms with Crippen LogP contribution in [0.25, 0.3) is 6.08 Å². The number of anilines is 1. The number of aromatic nitrogens is 3. The van der Waals surface area contributed by atoms with Crippen molar-refractivity contribution in [3.8, 4) is 11.5 Å². The number of rotatable bonds is 8. The Morgan fingerprint density at radius 1 is 1.20 bits per heavy atom. The number of carbonyl (C=O) groups excluding carboxylic acids is 2. The number of nitrogens with zero attached hydrogens (tertiary/aromatic N) is 3. The summed E-state index contributed by atoms with van der Waals surface area (Å²) in [7, 11) is 4.17. The standard InChI is InChI=1S/C25H22F2N4O4/c1-5-21(32)29-18-12-31(2)30-17(18)9-16-8-13-6-14(7-15(13)11-28-16)25(33)22-23(26)19(34-3)10-20(35-4)24(22)27/h5-6,8,10-12H,1,7,9H2,2-4H3,(H,29,32). The summed E-state index contributed by atoms with van der Waals surface area (Å²) in [6, 6.07) is 2.83. The Morgan fingerprint density at radius 2 is 1.89 bits per heavy atom. The van der Waals surface area contributed by atoms with Crippen LogP contribution in [0, 0.1) is 11.6 Å². The van der Waals surface area contributed by atoms with Crippen molar-refractivity contribution in [2.45, 2.75) is 12.8 Å². The zero-order valence-corrected chi connectivity index (χ0v) is 19.3. The molecule has 2 heterocycles. The fourth-order valence-electron chi connectivity index (χ4n) is 3.88. The van der Waals surface area contributed by atoms with Crippen molar-refractivity contribution in [3.63, 3.8) is 0 Å². The summed E-state index contributed by atoms with van der Waals surface area (Å²) in [4.78, 5) is 29.2. The molecule has 0 fully saturated rings. The quantitative estimate of drug-likeness (QED) is 0.391. The Morgan fingerprint density at radius 3 is 2.51 bits per heavy atom. The number of ether oxygens (including phenoxy) is 2. The van der Waals surface area contributed by atoms with E-state index in [1.54, 1.807) is 36.3 Å². The summed E-state index contributed by atoms with van der Waals surface area (Å²) >= 11 is 0. The van der Waals surface area contributed by atoms with Crippen LogP contribution >= 0.6 is 0 Å². The van der Waals surface area contributed by atoms with Gasteiger partial charge in [-0.15, -0.1) is 0 Å². The predicted molar refractivity (Wildman–Crippen MR) is 125 cm³/mol. The van der Waals surface area contributed by atoms with Gasteiger partial charge in [0.05, 0.1) is 25.6 Å². The largest absolute Gasteiger partial charge is 0.494 e. The summed E-state index contributed by atoms with van der Waals surface area (Å²) in [5, 5.41) is 7.08. The van der Waals surface area contributed by atoms with E-state index in [1.165, 1.54) is 14.2 Å². The van der Waals surface area contributed by atoms with Gasteiger partial charge >= 0.3 is 0 Å². The monoisotopic (exact) mass is 480 g/mol. The molecule has 1 amide bonds. The lowest BCUT2D eigenvalue weighted by atomic mass is 10.00. The highest BCUT2D eigenvalue weighted by Crippen LogP contribution is 2.35. The summed E-state index contributed by atoms with van der Waals surface area (Å²) < 4.78 is 41.1. The molecule has 4 rings (SSSR count). The second kappa shape index (κ2) is 9.49. The molecule has 0 radical (unpaired) electrons. The maximum Gasteiger partial charge on any atom is 0.247 e. The zero-order chi connectivity index (χ0) is 25.3. The maximum absolute atomic E-state index is 14.8. The fraction of sp³-hybridized carbons (Fsp3) is 0.200. The van der Waals surface area contributed by atoms with E-state index in [9.17, 15) is 18.4 Å². The van der Waals surface area contributed by atoms with Crippen molar-refractivity contribution in [2.24, 2.45) is 7.05 Å². The van der Waals surface area contributed by atoms with E-state index in [-0.39, 0.29) is 29.4 Å². The molecule has 180 valence electrons. The molecule has 10 heteroatoms. The Labute approximate surface area is 199 Å². The van der Waals surface area contributed by atoms with Crippen LogP contribution in [0.2, 0.25) is 0 Å². The van der Waals surface area contributed by atoms with Crippen LogP contribution in [0.5, 0.6) is 11.5 Å². The van der Waals surface area contributed by atoms with Crippen LogP contribution in [-0.2, 0) is 24.7 Å². The van der Waals surface area contributed by atoms with Crippen LogP contribution < -0.4 is 14.8 Å². The van der Waals surface area contributed by atoms with Gasteiger partial charge in [-0.3, -0.25) is 19.3 Å². The van der Waals surface area contributed by atoms with E-state index in [2.05, 4.69) is 22.0 Å². The summed E-state index contributed by atoms with van der Waals surface area (Å²) in [5.41, 5.74) is 2.70. The van der Waals surface area contributed by atoms with E-state index in [1.807, 2.05) is 0 Å². The number of fused-ring (bicyclic) bond motifs is 1. The number of pyridine rings is 1. The lowest BCUT2D eigenvalue weighted by Gasteiger charge is -2.12. The molecule has 0 unspecified atom stereocenters. The predicted octanol–water partition coefficient (Wildman–Crippen LogP) is 3.65. The highest BCUT2D eigenvalue weighted by atomic mass is 19.1. The molecule has 1 aliphatic carbocycles. The number of Topliss-reactive ketones (excluding diaryl/α,β-unsaturated/α-hetero) is 1. The van der Waals surface area contributed by atoms with Gasteiger partial charge < -0.3 is 14.8 Å². The van der Waals surface area contributed by atoms with Gasteiger partial charge in [0.1, 0.15) is 5.56 Å². The van der Waals surface area contributed by atoms with Crippen molar-refractivity contribution < 1.29 is 27.8 Å². The minimum atomic E-state index is -1.09. The molecule has 8 nitrogen and oxygen atoms in total. The number of halogens is 2. The third-order valence-corrected chi connectivity index (χ3v) is 5.58. The van der Waals surface area contributed by atoms with Crippen LogP contribution in [-0.4, -0.2) is 40.7 Å². The number of hydrogen-bond acceptors (Lipinski definition) is 6. The highest BCUT2D eigenvalue weighted by molar-refractivity contribution is 6.13. The molecule has 2 aromatic heterocycles. The van der Waals surface area contributed by atoms with Crippen molar-refractivity contribution in [1.82, 2.24) is 14.8 Å². The zero-order valence-electron chi connectivity index (χ0n) is 19.3. The minimum absolute atomic E-state index is 0.171. The number of benzene rings is 1. The van der Waals surface area contributed by atoms with E-state index in [0.717, 1.165) is 17.7 Å². The van der Waals surface area contributed by atoms with Crippen LogP contribution in [0.4, 0.5) is 14.5 Å². The Bertz CT molecular complexity index is 1370. The summed E-state index contributed by atoms with van der Waals surface area (Å²) in [6.45, 7) is 3.44. The average molecular weight is 480 g/mol. The molecule has 0 bridgehead atoms. The third kappa shape index (κ3) is 4.54. The number of nitrogens with one attached hydrogen (secondary N) is 1. The van der Waals surface area contributed by atoms with E-state index >= 15 is 0 Å². The highest BCUT2D eigenvalue weighted by Gasteiger charge is 2.29. The lowest BCUT2D eigenvalue weighted by molar-refractivity contribution is -0.111. The van der Waals surface area contributed by atoms with E-state index in [0.29, 0.717) is 29.1 Å².